The van der Waals surface area contributed by atoms with Crippen molar-refractivity contribution in [2.45, 2.75) is 108 Å². The van der Waals surface area contributed by atoms with Crippen molar-refractivity contribution in [2.75, 3.05) is 11.4 Å². The first-order valence-electron chi connectivity index (χ1n) is 21.9. The summed E-state index contributed by atoms with van der Waals surface area (Å²) in [5, 5.41) is 23.2. The number of nitriles is 2. The lowest BCUT2D eigenvalue weighted by atomic mass is 9.89. The van der Waals surface area contributed by atoms with Gasteiger partial charge in [0.1, 0.15) is 11.5 Å². The molecule has 1 heterocycles. The van der Waals surface area contributed by atoms with Crippen molar-refractivity contribution < 1.29 is 4.74 Å². The van der Waals surface area contributed by atoms with Gasteiger partial charge in [-0.25, -0.2) is 0 Å². The SMILES string of the molecule is CC.CC.CC#N.C\C=C/C=C\C=C(/C)N(C1=CCC=c2ccc3c(N(CC)/C(=C/C=C(/C#N)CC)CC)ccc4ccc1c2c43)C1=C2Oc3c(C)cccc3C2CC=C1. The van der Waals surface area contributed by atoms with E-state index < -0.39 is 0 Å². The summed E-state index contributed by atoms with van der Waals surface area (Å²) in [6.07, 6.45) is 27.3. The van der Waals surface area contributed by atoms with Gasteiger partial charge in [0.25, 0.3) is 0 Å². The van der Waals surface area contributed by atoms with Crippen molar-refractivity contribution in [3.05, 3.63) is 166 Å². The summed E-state index contributed by atoms with van der Waals surface area (Å²) in [5.41, 5.74) is 10.2. The number of hydrogen-bond acceptors (Lipinski definition) is 5. The Kier molecular flexibility index (Phi) is 17.6. The first-order valence-corrected chi connectivity index (χ1v) is 21.9. The molecule has 7 rings (SSSR count). The van der Waals surface area contributed by atoms with Crippen molar-refractivity contribution in [3.8, 4) is 17.9 Å². The van der Waals surface area contributed by atoms with Gasteiger partial charge < -0.3 is 14.5 Å². The Hall–Kier alpha value is -6.30. The van der Waals surface area contributed by atoms with Crippen LogP contribution in [0.1, 0.15) is 118 Å². The Labute approximate surface area is 360 Å². The molecule has 4 aromatic carbocycles. The maximum absolute atomic E-state index is 9.60. The van der Waals surface area contributed by atoms with Gasteiger partial charge in [-0.05, 0) is 111 Å². The van der Waals surface area contributed by atoms with Crippen LogP contribution in [0.2, 0.25) is 0 Å². The molecule has 2 aliphatic carbocycles. The Bertz CT molecular complexity index is 2540. The molecule has 1 aliphatic heterocycles. The minimum Gasteiger partial charge on any atom is -0.458 e. The van der Waals surface area contributed by atoms with Crippen LogP contribution in [0.15, 0.2) is 144 Å². The molecule has 0 aromatic heterocycles. The first-order chi connectivity index (χ1) is 29.3. The Balaban J connectivity index is 0.00000107. The topological polar surface area (TPSA) is 63.3 Å². The van der Waals surface area contributed by atoms with E-state index in [0.717, 1.165) is 66.4 Å². The van der Waals surface area contributed by atoms with Crippen molar-refractivity contribution in [1.29, 1.82) is 10.5 Å². The standard InChI is InChI=1S/C49H49N3O.C2H3N.2C2H6/c1-7-11-12-13-18-34(6)52(45-23-16-21-40-39-20-14-17-33(5)48(39)53-49(40)45)44-22-15-19-36-25-29-41-43(31-27-37-26-30-42(44)46(36)47(37)41)51(10-4)38(9-3)28-24-35(8-2)32-50;1-2-3;2*1-2/h7,11-14,16-20,22-31,40H,8-10,15,21H2,1-6H3;1H3;2*1-2H3/b11-7-,13-12-,34-18+,35-24+,38-28+;;;. The third kappa shape index (κ3) is 9.59. The zero-order valence-electron chi connectivity index (χ0n) is 37.9. The fraction of sp³-hybridized carbons (Fsp3) is 0.309. The van der Waals surface area contributed by atoms with Gasteiger partial charge in [-0.1, -0.05) is 133 Å². The van der Waals surface area contributed by atoms with Crippen LogP contribution >= 0.6 is 0 Å². The molecule has 0 N–H and O–H groups in total. The Morgan fingerprint density at radius 3 is 2.30 bits per heavy atom. The molecule has 3 aliphatic rings. The number of anilines is 1. The monoisotopic (exact) mass is 797 g/mol. The van der Waals surface area contributed by atoms with Crippen LogP contribution < -0.4 is 14.9 Å². The van der Waals surface area contributed by atoms with E-state index in [1.54, 1.807) is 6.07 Å². The van der Waals surface area contributed by atoms with Gasteiger partial charge in [0, 0.05) is 52.6 Å². The van der Waals surface area contributed by atoms with E-state index in [2.05, 4.69) is 153 Å². The lowest BCUT2D eigenvalue weighted by Crippen LogP contribution is -2.24. The molecule has 1 atom stereocenters. The highest BCUT2D eigenvalue weighted by Crippen LogP contribution is 2.50. The number of nitrogens with zero attached hydrogens (tertiary/aromatic N) is 4. The first kappa shape index (κ1) is 46.4. The fourth-order valence-electron chi connectivity index (χ4n) is 8.17. The maximum atomic E-state index is 9.60. The zero-order valence-corrected chi connectivity index (χ0v) is 37.9. The normalized spacial score (nSPS) is 15.5. The Morgan fingerprint density at radius 1 is 0.867 bits per heavy atom. The predicted octanol–water partition coefficient (Wildman–Crippen LogP) is 14.8. The molecule has 4 aromatic rings. The van der Waals surface area contributed by atoms with Crippen LogP contribution in [0.5, 0.6) is 5.75 Å². The van der Waals surface area contributed by atoms with Gasteiger partial charge in [0.2, 0.25) is 0 Å². The van der Waals surface area contributed by atoms with Crippen LogP contribution in [-0.2, 0) is 0 Å². The van der Waals surface area contributed by atoms with E-state index in [9.17, 15) is 5.26 Å². The molecule has 5 nitrogen and oxygen atoms in total. The third-order valence-electron chi connectivity index (χ3n) is 10.8. The summed E-state index contributed by atoms with van der Waals surface area (Å²) >= 11 is 0. The second kappa shape index (κ2) is 22.7. The molecule has 1 unspecified atom stereocenters. The van der Waals surface area contributed by atoms with Crippen LogP contribution in [0.4, 0.5) is 5.69 Å². The maximum Gasteiger partial charge on any atom is 0.136 e. The second-order valence-corrected chi connectivity index (χ2v) is 14.1. The lowest BCUT2D eigenvalue weighted by Gasteiger charge is -2.33. The van der Waals surface area contributed by atoms with Crippen LogP contribution in [0, 0.1) is 29.6 Å². The zero-order chi connectivity index (χ0) is 43.8. The predicted molar refractivity (Wildman–Crippen MR) is 258 cm³/mol. The summed E-state index contributed by atoms with van der Waals surface area (Å²) in [6.45, 7) is 23.1. The quantitative estimate of drug-likeness (QED) is 0.112. The molecule has 0 spiro atoms. The molecule has 0 bridgehead atoms. The number of benzene rings is 4. The molecular weight excluding hydrogens is 733 g/mol. The average molecular weight is 797 g/mol. The number of rotatable bonds is 11. The van der Waals surface area contributed by atoms with Crippen molar-refractivity contribution in [1.82, 2.24) is 4.90 Å². The molecule has 0 radical (unpaired) electrons. The smallest absolute Gasteiger partial charge is 0.136 e. The van der Waals surface area contributed by atoms with Gasteiger partial charge in [-0.15, -0.1) is 0 Å². The number of fused-ring (bicyclic) bond motifs is 3. The van der Waals surface area contributed by atoms with Crippen molar-refractivity contribution in [2.24, 2.45) is 0 Å². The van der Waals surface area contributed by atoms with Crippen molar-refractivity contribution >= 4 is 39.0 Å². The van der Waals surface area contributed by atoms with E-state index in [1.165, 1.54) is 61.8 Å². The molecule has 0 saturated heterocycles. The van der Waals surface area contributed by atoms with Gasteiger partial charge in [0.05, 0.1) is 29.5 Å². The van der Waals surface area contributed by atoms with E-state index in [0.29, 0.717) is 0 Å². The van der Waals surface area contributed by atoms with E-state index in [1.807, 2.05) is 53.7 Å². The minimum atomic E-state index is 0.183. The number of allylic oxidation sites excluding steroid dienone is 14. The summed E-state index contributed by atoms with van der Waals surface area (Å²) < 4.78 is 6.84. The van der Waals surface area contributed by atoms with E-state index in [-0.39, 0.29) is 5.92 Å². The fourth-order valence-corrected chi connectivity index (χ4v) is 8.17. The molecule has 0 saturated carbocycles. The molecule has 0 amide bonds. The van der Waals surface area contributed by atoms with Gasteiger partial charge >= 0.3 is 0 Å². The molecule has 310 valence electrons. The van der Waals surface area contributed by atoms with Crippen LogP contribution in [0.25, 0.3) is 33.3 Å². The number of para-hydroxylation sites is 1. The van der Waals surface area contributed by atoms with Gasteiger partial charge in [-0.3, -0.25) is 0 Å². The molecule has 5 heteroatoms. The van der Waals surface area contributed by atoms with Gasteiger partial charge in [-0.2, -0.15) is 10.5 Å². The highest BCUT2D eigenvalue weighted by molar-refractivity contribution is 6.18. The van der Waals surface area contributed by atoms with Gasteiger partial charge in [0.15, 0.2) is 0 Å². The van der Waals surface area contributed by atoms with Crippen LogP contribution in [-0.4, -0.2) is 11.4 Å². The lowest BCUT2D eigenvalue weighted by molar-refractivity contribution is 0.396. The minimum absolute atomic E-state index is 0.183. The summed E-state index contributed by atoms with van der Waals surface area (Å²) in [7, 11) is 0. The third-order valence-corrected chi connectivity index (χ3v) is 10.8. The molecule has 60 heavy (non-hydrogen) atoms. The summed E-state index contributed by atoms with van der Waals surface area (Å²) in [4.78, 5) is 4.84. The number of hydrogen-bond donors (Lipinski definition) is 0. The highest BCUT2D eigenvalue weighted by atomic mass is 16.5. The summed E-state index contributed by atoms with van der Waals surface area (Å²) in [5.74, 6) is 2.20. The average Bonchev–Trinajstić information content (AvgIpc) is 3.58. The Morgan fingerprint density at radius 2 is 1.62 bits per heavy atom. The summed E-state index contributed by atoms with van der Waals surface area (Å²) in [6, 6.07) is 24.4. The van der Waals surface area contributed by atoms with Crippen molar-refractivity contribution in [3.63, 3.8) is 0 Å². The number of ether oxygens (including phenoxy) is 1. The molecular formula is C55H64N4O. The van der Waals surface area contributed by atoms with Crippen LogP contribution in [0.3, 0.4) is 0 Å². The van der Waals surface area contributed by atoms with E-state index in [4.69, 9.17) is 10.00 Å². The van der Waals surface area contributed by atoms with E-state index >= 15 is 0 Å². The molecule has 0 fully saturated rings. The second-order valence-electron chi connectivity index (χ2n) is 14.1. The highest BCUT2D eigenvalue weighted by Gasteiger charge is 2.36. The number of aryl methyl sites for hydroxylation is 1. The largest absolute Gasteiger partial charge is 0.458 e.